The van der Waals surface area contributed by atoms with Crippen molar-refractivity contribution >= 4 is 5.69 Å². The molecule has 0 radical (unpaired) electrons. The molecular weight excluding hydrogens is 270 g/mol. The molecule has 1 aromatic heterocycles. The largest absolute Gasteiger partial charge is 0.482 e. The van der Waals surface area contributed by atoms with Crippen LogP contribution in [0.1, 0.15) is 31.0 Å². The minimum Gasteiger partial charge on any atom is -0.482 e. The fraction of sp³-hybridized carbons (Fsp3) is 0.467. The molecule has 0 spiro atoms. The lowest BCUT2D eigenvalue weighted by atomic mass is 10.1. The second-order valence-electron chi connectivity index (χ2n) is 5.12. The van der Waals surface area contributed by atoms with Crippen LogP contribution >= 0.6 is 0 Å². The minimum atomic E-state index is 0.204. The number of benzene rings is 1. The van der Waals surface area contributed by atoms with Crippen molar-refractivity contribution in [1.29, 1.82) is 0 Å². The van der Waals surface area contributed by atoms with Crippen molar-refractivity contribution in [2.75, 3.05) is 12.3 Å². The Morgan fingerprint density at radius 1 is 1.29 bits per heavy atom. The first-order valence-corrected chi connectivity index (χ1v) is 7.21. The molecule has 21 heavy (non-hydrogen) atoms. The molecule has 6 heteroatoms. The van der Waals surface area contributed by atoms with Gasteiger partial charge in [-0.15, -0.1) is 0 Å². The predicted molar refractivity (Wildman–Crippen MR) is 76.8 cm³/mol. The van der Waals surface area contributed by atoms with E-state index in [-0.39, 0.29) is 12.7 Å². The lowest BCUT2D eigenvalue weighted by molar-refractivity contribution is 0.0153. The number of nitrogens with two attached hydrogens (primary N) is 1. The van der Waals surface area contributed by atoms with E-state index in [1.807, 2.05) is 18.2 Å². The van der Waals surface area contributed by atoms with Crippen LogP contribution < -0.4 is 10.5 Å². The Morgan fingerprint density at radius 2 is 2.19 bits per heavy atom. The van der Waals surface area contributed by atoms with Crippen molar-refractivity contribution in [2.45, 2.75) is 38.4 Å². The SMILES string of the molecule is Nc1ccccc1OCc1nc(CC2CCCCO2)no1. The highest BCUT2D eigenvalue weighted by molar-refractivity contribution is 5.51. The quantitative estimate of drug-likeness (QED) is 0.851. The van der Waals surface area contributed by atoms with E-state index in [0.29, 0.717) is 29.6 Å². The van der Waals surface area contributed by atoms with E-state index in [1.165, 1.54) is 6.42 Å². The van der Waals surface area contributed by atoms with Crippen molar-refractivity contribution in [3.8, 4) is 5.75 Å². The molecule has 1 unspecified atom stereocenters. The number of aromatic nitrogens is 2. The summed E-state index contributed by atoms with van der Waals surface area (Å²) in [6, 6.07) is 7.32. The molecule has 1 aliphatic rings. The van der Waals surface area contributed by atoms with Crippen LogP contribution in [0.25, 0.3) is 0 Å². The molecule has 1 saturated heterocycles. The van der Waals surface area contributed by atoms with Gasteiger partial charge >= 0.3 is 0 Å². The Bertz CT molecular complexity index is 579. The van der Waals surface area contributed by atoms with Gasteiger partial charge in [-0.1, -0.05) is 17.3 Å². The van der Waals surface area contributed by atoms with E-state index < -0.39 is 0 Å². The fourth-order valence-electron chi connectivity index (χ4n) is 2.36. The van der Waals surface area contributed by atoms with E-state index in [0.717, 1.165) is 19.4 Å². The molecule has 1 aromatic carbocycles. The Morgan fingerprint density at radius 3 is 3.00 bits per heavy atom. The van der Waals surface area contributed by atoms with Crippen molar-refractivity contribution in [3.63, 3.8) is 0 Å². The number of para-hydroxylation sites is 2. The van der Waals surface area contributed by atoms with Crippen molar-refractivity contribution in [3.05, 3.63) is 36.0 Å². The summed E-state index contributed by atoms with van der Waals surface area (Å²) < 4.78 is 16.4. The van der Waals surface area contributed by atoms with E-state index in [2.05, 4.69) is 10.1 Å². The highest BCUT2D eigenvalue weighted by atomic mass is 16.5. The van der Waals surface area contributed by atoms with Crippen LogP contribution in [0.3, 0.4) is 0 Å². The average Bonchev–Trinajstić information content (AvgIpc) is 2.95. The lowest BCUT2D eigenvalue weighted by Gasteiger charge is -2.20. The maximum absolute atomic E-state index is 5.81. The van der Waals surface area contributed by atoms with Crippen LogP contribution in [0.2, 0.25) is 0 Å². The van der Waals surface area contributed by atoms with E-state index >= 15 is 0 Å². The standard InChI is InChI=1S/C15H19N3O3/c16-12-6-1-2-7-13(12)20-10-15-17-14(18-21-15)9-11-5-3-4-8-19-11/h1-2,6-7,11H,3-5,8-10,16H2. The highest BCUT2D eigenvalue weighted by Crippen LogP contribution is 2.21. The summed E-state index contributed by atoms with van der Waals surface area (Å²) in [6.07, 6.45) is 4.29. The van der Waals surface area contributed by atoms with Gasteiger partial charge in [0.2, 0.25) is 0 Å². The summed E-state index contributed by atoms with van der Waals surface area (Å²) >= 11 is 0. The zero-order valence-corrected chi connectivity index (χ0v) is 11.8. The number of nitrogen functional groups attached to an aromatic ring is 1. The van der Waals surface area contributed by atoms with Crippen LogP contribution in [-0.4, -0.2) is 22.9 Å². The van der Waals surface area contributed by atoms with Gasteiger partial charge in [-0.05, 0) is 31.4 Å². The maximum atomic E-state index is 5.81. The molecular formula is C15H19N3O3. The molecule has 0 aliphatic carbocycles. The molecule has 6 nitrogen and oxygen atoms in total. The summed E-state index contributed by atoms with van der Waals surface area (Å²) in [5.41, 5.74) is 6.40. The predicted octanol–water partition coefficient (Wildman–Crippen LogP) is 2.34. The van der Waals surface area contributed by atoms with Gasteiger partial charge in [-0.25, -0.2) is 0 Å². The van der Waals surface area contributed by atoms with E-state index in [1.54, 1.807) is 6.07 Å². The summed E-state index contributed by atoms with van der Waals surface area (Å²) in [5, 5.41) is 3.97. The minimum absolute atomic E-state index is 0.204. The highest BCUT2D eigenvalue weighted by Gasteiger charge is 2.18. The number of rotatable bonds is 5. The molecule has 1 aliphatic heterocycles. The van der Waals surface area contributed by atoms with Gasteiger partial charge in [0, 0.05) is 13.0 Å². The van der Waals surface area contributed by atoms with Crippen molar-refractivity contribution < 1.29 is 14.0 Å². The second-order valence-corrected chi connectivity index (χ2v) is 5.12. The molecule has 1 fully saturated rings. The third kappa shape index (κ3) is 3.72. The zero-order valence-electron chi connectivity index (χ0n) is 11.8. The normalized spacial score (nSPS) is 18.6. The van der Waals surface area contributed by atoms with Crippen LogP contribution in [0, 0.1) is 0 Å². The Balaban J connectivity index is 1.54. The maximum Gasteiger partial charge on any atom is 0.264 e. The Hall–Kier alpha value is -2.08. The molecule has 0 bridgehead atoms. The topological polar surface area (TPSA) is 83.4 Å². The molecule has 2 aromatic rings. The number of anilines is 1. The molecule has 3 rings (SSSR count). The van der Waals surface area contributed by atoms with Gasteiger partial charge in [-0.3, -0.25) is 0 Å². The monoisotopic (exact) mass is 289 g/mol. The molecule has 2 N–H and O–H groups in total. The van der Waals surface area contributed by atoms with Gasteiger partial charge in [-0.2, -0.15) is 4.98 Å². The second kappa shape index (κ2) is 6.58. The third-order valence-corrected chi connectivity index (χ3v) is 3.46. The zero-order chi connectivity index (χ0) is 14.5. The molecule has 112 valence electrons. The van der Waals surface area contributed by atoms with Crippen LogP contribution in [0.15, 0.2) is 28.8 Å². The number of hydrogen-bond donors (Lipinski definition) is 1. The summed E-state index contributed by atoms with van der Waals surface area (Å²) in [6.45, 7) is 1.04. The van der Waals surface area contributed by atoms with E-state index in [9.17, 15) is 0 Å². The molecule has 2 heterocycles. The Kier molecular flexibility index (Phi) is 4.35. The van der Waals surface area contributed by atoms with Gasteiger partial charge in [0.05, 0.1) is 11.8 Å². The molecule has 0 amide bonds. The summed E-state index contributed by atoms with van der Waals surface area (Å²) in [7, 11) is 0. The smallest absolute Gasteiger partial charge is 0.264 e. The van der Waals surface area contributed by atoms with Gasteiger partial charge in [0.15, 0.2) is 12.4 Å². The lowest BCUT2D eigenvalue weighted by Crippen LogP contribution is -2.21. The first kappa shape index (κ1) is 13.9. The molecule has 1 atom stereocenters. The van der Waals surface area contributed by atoms with Crippen LogP contribution in [-0.2, 0) is 17.8 Å². The Labute approximate surface area is 123 Å². The number of ether oxygens (including phenoxy) is 2. The van der Waals surface area contributed by atoms with Crippen molar-refractivity contribution in [2.24, 2.45) is 0 Å². The first-order valence-electron chi connectivity index (χ1n) is 7.21. The van der Waals surface area contributed by atoms with Crippen molar-refractivity contribution in [1.82, 2.24) is 10.1 Å². The van der Waals surface area contributed by atoms with Gasteiger partial charge in [0.25, 0.3) is 5.89 Å². The van der Waals surface area contributed by atoms with Crippen LogP contribution in [0.5, 0.6) is 5.75 Å². The van der Waals surface area contributed by atoms with Crippen LogP contribution in [0.4, 0.5) is 5.69 Å². The number of hydrogen-bond acceptors (Lipinski definition) is 6. The number of nitrogens with zero attached hydrogens (tertiary/aromatic N) is 2. The third-order valence-electron chi connectivity index (χ3n) is 3.46. The fourth-order valence-corrected chi connectivity index (χ4v) is 2.36. The molecule has 0 saturated carbocycles. The summed E-state index contributed by atoms with van der Waals surface area (Å²) in [5.74, 6) is 1.73. The first-order chi connectivity index (χ1) is 10.3. The average molecular weight is 289 g/mol. The van der Waals surface area contributed by atoms with E-state index in [4.69, 9.17) is 19.7 Å². The van der Waals surface area contributed by atoms with Gasteiger partial charge in [0.1, 0.15) is 5.75 Å². The summed E-state index contributed by atoms with van der Waals surface area (Å²) in [4.78, 5) is 4.33. The van der Waals surface area contributed by atoms with Gasteiger partial charge < -0.3 is 19.7 Å².